The van der Waals surface area contributed by atoms with Gasteiger partial charge in [-0.3, -0.25) is 4.79 Å². The molecule has 0 aliphatic carbocycles. The van der Waals surface area contributed by atoms with Gasteiger partial charge >= 0.3 is 5.97 Å². The maximum atomic E-state index is 10.3. The summed E-state index contributed by atoms with van der Waals surface area (Å²) in [6.07, 6.45) is -0.0394. The first-order valence-electron chi connectivity index (χ1n) is 2.85. The van der Waals surface area contributed by atoms with E-state index in [1.54, 1.807) is 0 Å². The van der Waals surface area contributed by atoms with Crippen molar-refractivity contribution in [3.8, 4) is 0 Å². The normalized spacial score (nSPS) is 16.4. The molecule has 0 saturated carbocycles. The number of rotatable bonds is 2. The molecule has 9 heavy (non-hydrogen) atoms. The molecule has 2 nitrogen and oxygen atoms in total. The van der Waals surface area contributed by atoms with Gasteiger partial charge in [-0.1, -0.05) is 15.9 Å². The summed E-state index contributed by atoms with van der Waals surface area (Å²) >= 11 is 3.29. The van der Waals surface area contributed by atoms with E-state index in [1.165, 1.54) is 6.92 Å². The molecule has 0 rings (SSSR count). The molecule has 0 amide bonds. The van der Waals surface area contributed by atoms with Crippen molar-refractivity contribution in [2.45, 2.75) is 31.7 Å². The van der Waals surface area contributed by atoms with Crippen LogP contribution in [0.1, 0.15) is 20.8 Å². The molecule has 0 unspecified atom stereocenters. The standard InChI is InChI=1S/C6H11BrO2/c1-4(7)5(2)9-6(3)8/h4-5H,1-3H3/t4-,5+/m0/s1. The Labute approximate surface area is 63.7 Å². The maximum absolute atomic E-state index is 10.3. The van der Waals surface area contributed by atoms with E-state index in [0.29, 0.717) is 0 Å². The van der Waals surface area contributed by atoms with E-state index >= 15 is 0 Å². The molecule has 0 fully saturated rings. The summed E-state index contributed by atoms with van der Waals surface area (Å²) in [5.74, 6) is -0.228. The fourth-order valence-electron chi connectivity index (χ4n) is 0.356. The topological polar surface area (TPSA) is 26.3 Å². The lowest BCUT2D eigenvalue weighted by Gasteiger charge is -2.12. The maximum Gasteiger partial charge on any atom is 0.302 e. The summed E-state index contributed by atoms with van der Waals surface area (Å²) in [5.41, 5.74) is 0. The lowest BCUT2D eigenvalue weighted by atomic mass is 10.3. The van der Waals surface area contributed by atoms with Crippen LogP contribution < -0.4 is 0 Å². The van der Waals surface area contributed by atoms with Gasteiger partial charge in [0.2, 0.25) is 0 Å². The highest BCUT2D eigenvalue weighted by molar-refractivity contribution is 9.09. The minimum atomic E-state index is -0.228. The third-order valence-electron chi connectivity index (χ3n) is 0.999. The Morgan fingerprint density at radius 2 is 2.00 bits per heavy atom. The van der Waals surface area contributed by atoms with Gasteiger partial charge in [0.1, 0.15) is 6.10 Å². The first-order chi connectivity index (χ1) is 4.04. The number of esters is 1. The smallest absolute Gasteiger partial charge is 0.302 e. The van der Waals surface area contributed by atoms with Crippen molar-refractivity contribution in [2.24, 2.45) is 0 Å². The van der Waals surface area contributed by atoms with Crippen LogP contribution in [0.25, 0.3) is 0 Å². The average molecular weight is 195 g/mol. The molecule has 3 heteroatoms. The molecule has 0 radical (unpaired) electrons. The van der Waals surface area contributed by atoms with E-state index < -0.39 is 0 Å². The summed E-state index contributed by atoms with van der Waals surface area (Å²) in [4.78, 5) is 10.5. The minimum absolute atomic E-state index is 0.0394. The van der Waals surface area contributed by atoms with Crippen LogP contribution in [0.15, 0.2) is 0 Å². The SMILES string of the molecule is CC(=O)O[C@H](C)[C@H](C)Br. The third kappa shape index (κ3) is 4.45. The number of carbonyl (C=O) groups excluding carboxylic acids is 1. The minimum Gasteiger partial charge on any atom is -0.462 e. The summed E-state index contributed by atoms with van der Waals surface area (Å²) in [6, 6.07) is 0. The first-order valence-corrected chi connectivity index (χ1v) is 3.77. The Hall–Kier alpha value is -0.0500. The van der Waals surface area contributed by atoms with Gasteiger partial charge in [0.05, 0.1) is 0 Å². The molecule has 0 saturated heterocycles. The third-order valence-corrected chi connectivity index (χ3v) is 1.74. The average Bonchev–Trinajstić information content (AvgIpc) is 1.63. The van der Waals surface area contributed by atoms with Gasteiger partial charge in [0, 0.05) is 11.8 Å². The van der Waals surface area contributed by atoms with E-state index in [-0.39, 0.29) is 16.9 Å². The molecular weight excluding hydrogens is 184 g/mol. The number of alkyl halides is 1. The zero-order valence-corrected chi connectivity index (χ0v) is 7.44. The van der Waals surface area contributed by atoms with Crippen LogP contribution in [-0.2, 0) is 9.53 Å². The van der Waals surface area contributed by atoms with Gasteiger partial charge in [-0.15, -0.1) is 0 Å². The van der Waals surface area contributed by atoms with Crippen LogP contribution in [0.3, 0.4) is 0 Å². The highest BCUT2D eigenvalue weighted by Crippen LogP contribution is 2.07. The summed E-state index contributed by atoms with van der Waals surface area (Å²) in [6.45, 7) is 5.19. The Kier molecular flexibility index (Phi) is 3.86. The quantitative estimate of drug-likeness (QED) is 0.495. The molecule has 54 valence electrons. The molecule has 2 atom stereocenters. The predicted octanol–water partition coefficient (Wildman–Crippen LogP) is 1.72. The molecule has 0 heterocycles. The zero-order chi connectivity index (χ0) is 7.44. The van der Waals surface area contributed by atoms with Crippen molar-refractivity contribution in [1.82, 2.24) is 0 Å². The largest absolute Gasteiger partial charge is 0.462 e. The molecule has 0 aliphatic heterocycles. The number of hydrogen-bond donors (Lipinski definition) is 0. The highest BCUT2D eigenvalue weighted by atomic mass is 79.9. The van der Waals surface area contributed by atoms with Crippen LogP contribution >= 0.6 is 15.9 Å². The Morgan fingerprint density at radius 3 is 2.11 bits per heavy atom. The van der Waals surface area contributed by atoms with Crippen LogP contribution in [-0.4, -0.2) is 16.9 Å². The van der Waals surface area contributed by atoms with Crippen molar-refractivity contribution in [1.29, 1.82) is 0 Å². The van der Waals surface area contributed by atoms with Crippen LogP contribution in [0.4, 0.5) is 0 Å². The first kappa shape index (κ1) is 8.95. The molecule has 0 aliphatic rings. The molecule has 0 aromatic rings. The van der Waals surface area contributed by atoms with Crippen molar-refractivity contribution in [2.75, 3.05) is 0 Å². The van der Waals surface area contributed by atoms with Crippen molar-refractivity contribution < 1.29 is 9.53 Å². The predicted molar refractivity (Wildman–Crippen MR) is 39.6 cm³/mol. The lowest BCUT2D eigenvalue weighted by molar-refractivity contribution is -0.145. The van der Waals surface area contributed by atoms with Gasteiger partial charge in [-0.25, -0.2) is 0 Å². The zero-order valence-electron chi connectivity index (χ0n) is 5.85. The summed E-state index contributed by atoms with van der Waals surface area (Å²) in [7, 11) is 0. The summed E-state index contributed by atoms with van der Waals surface area (Å²) in [5, 5.41) is 0. The van der Waals surface area contributed by atoms with Gasteiger partial charge in [-0.05, 0) is 13.8 Å². The monoisotopic (exact) mass is 194 g/mol. The van der Waals surface area contributed by atoms with Gasteiger partial charge in [-0.2, -0.15) is 0 Å². The van der Waals surface area contributed by atoms with Crippen molar-refractivity contribution >= 4 is 21.9 Å². The number of ether oxygens (including phenoxy) is 1. The number of halogens is 1. The van der Waals surface area contributed by atoms with E-state index in [1.807, 2.05) is 13.8 Å². The Morgan fingerprint density at radius 1 is 1.56 bits per heavy atom. The second-order valence-electron chi connectivity index (χ2n) is 1.99. The second kappa shape index (κ2) is 3.88. The molecule has 0 spiro atoms. The molecule has 0 aromatic heterocycles. The van der Waals surface area contributed by atoms with Crippen molar-refractivity contribution in [3.63, 3.8) is 0 Å². The number of hydrogen-bond acceptors (Lipinski definition) is 2. The highest BCUT2D eigenvalue weighted by Gasteiger charge is 2.10. The Balaban J connectivity index is 3.50. The van der Waals surface area contributed by atoms with E-state index in [2.05, 4.69) is 15.9 Å². The molecule has 0 N–H and O–H groups in total. The summed E-state index contributed by atoms with van der Waals surface area (Å²) < 4.78 is 4.83. The fourth-order valence-corrected chi connectivity index (χ4v) is 0.463. The van der Waals surface area contributed by atoms with E-state index in [0.717, 1.165) is 0 Å². The number of carbonyl (C=O) groups is 1. The van der Waals surface area contributed by atoms with Crippen molar-refractivity contribution in [3.05, 3.63) is 0 Å². The van der Waals surface area contributed by atoms with E-state index in [9.17, 15) is 4.79 Å². The fraction of sp³-hybridized carbons (Fsp3) is 0.833. The van der Waals surface area contributed by atoms with Crippen LogP contribution in [0.5, 0.6) is 0 Å². The Bertz CT molecular complexity index is 101. The van der Waals surface area contributed by atoms with Gasteiger partial charge in [0.15, 0.2) is 0 Å². The second-order valence-corrected chi connectivity index (χ2v) is 3.44. The molecular formula is C6H11BrO2. The van der Waals surface area contributed by atoms with Crippen LogP contribution in [0.2, 0.25) is 0 Å². The van der Waals surface area contributed by atoms with Gasteiger partial charge in [0.25, 0.3) is 0 Å². The van der Waals surface area contributed by atoms with E-state index in [4.69, 9.17) is 4.74 Å². The lowest BCUT2D eigenvalue weighted by Crippen LogP contribution is -2.20. The van der Waals surface area contributed by atoms with Gasteiger partial charge < -0.3 is 4.74 Å². The van der Waals surface area contributed by atoms with Crippen LogP contribution in [0, 0.1) is 0 Å². The molecule has 0 bridgehead atoms. The molecule has 0 aromatic carbocycles.